The van der Waals surface area contributed by atoms with Crippen molar-refractivity contribution in [1.82, 2.24) is 5.32 Å². The molecule has 1 atom stereocenters. The van der Waals surface area contributed by atoms with Crippen LogP contribution in [0.25, 0.3) is 6.08 Å². The van der Waals surface area contributed by atoms with Gasteiger partial charge in [-0.25, -0.2) is 0 Å². The highest BCUT2D eigenvalue weighted by molar-refractivity contribution is 6.32. The molecule has 3 rings (SSSR count). The summed E-state index contributed by atoms with van der Waals surface area (Å²) < 4.78 is 15.9. The van der Waals surface area contributed by atoms with Gasteiger partial charge in [0.2, 0.25) is 6.79 Å². The summed E-state index contributed by atoms with van der Waals surface area (Å²) in [4.78, 5) is 12.1. The fraction of sp³-hybridized carbons (Fsp3) is 0.375. The van der Waals surface area contributed by atoms with Crippen LogP contribution >= 0.6 is 11.6 Å². The summed E-state index contributed by atoms with van der Waals surface area (Å²) in [5, 5.41) is 12.3. The van der Waals surface area contributed by atoms with Gasteiger partial charge in [0.1, 0.15) is 11.6 Å². The number of hydrogen-bond acceptors (Lipinski definition) is 5. The van der Waals surface area contributed by atoms with Crippen LogP contribution in [0, 0.1) is 11.3 Å². The molecule has 0 aromatic heterocycles. The molecule has 0 saturated carbocycles. The molecule has 1 saturated heterocycles. The van der Waals surface area contributed by atoms with Gasteiger partial charge in [-0.1, -0.05) is 11.6 Å². The normalized spacial score (nSPS) is 19.5. The number of benzene rings is 1. The number of carbonyl (C=O) groups excluding carboxylic acids is 1. The Morgan fingerprint density at radius 3 is 2.91 bits per heavy atom. The van der Waals surface area contributed by atoms with Gasteiger partial charge in [0.25, 0.3) is 5.91 Å². The number of fused-ring (bicyclic) bond motifs is 1. The first kappa shape index (κ1) is 15.7. The molecule has 0 spiro atoms. The highest BCUT2D eigenvalue weighted by Crippen LogP contribution is 2.37. The summed E-state index contributed by atoms with van der Waals surface area (Å²) in [6, 6.07) is 5.15. The zero-order chi connectivity index (χ0) is 16.2. The first-order valence-corrected chi connectivity index (χ1v) is 7.66. The number of amides is 1. The van der Waals surface area contributed by atoms with E-state index in [9.17, 15) is 10.1 Å². The molecule has 7 heteroatoms. The second kappa shape index (κ2) is 6.90. The number of nitrogens with one attached hydrogen (secondary N) is 1. The van der Waals surface area contributed by atoms with Crippen molar-refractivity contribution in [2.75, 3.05) is 19.9 Å². The van der Waals surface area contributed by atoms with Crippen molar-refractivity contribution in [3.05, 3.63) is 28.3 Å². The molecule has 120 valence electrons. The zero-order valence-electron chi connectivity index (χ0n) is 12.3. The smallest absolute Gasteiger partial charge is 0.262 e. The number of rotatable bonds is 4. The summed E-state index contributed by atoms with van der Waals surface area (Å²) >= 11 is 6.15. The number of ether oxygens (including phenoxy) is 3. The molecule has 1 amide bonds. The molecule has 2 aliphatic rings. The fourth-order valence-electron chi connectivity index (χ4n) is 2.45. The maximum absolute atomic E-state index is 12.1. The van der Waals surface area contributed by atoms with Gasteiger partial charge >= 0.3 is 0 Å². The van der Waals surface area contributed by atoms with Gasteiger partial charge in [-0.3, -0.25) is 4.79 Å². The lowest BCUT2D eigenvalue weighted by atomic mass is 10.1. The van der Waals surface area contributed by atoms with Crippen LogP contribution in [0.15, 0.2) is 17.7 Å². The summed E-state index contributed by atoms with van der Waals surface area (Å²) in [6.45, 7) is 1.24. The van der Waals surface area contributed by atoms with Gasteiger partial charge in [-0.2, -0.15) is 5.26 Å². The minimum atomic E-state index is -0.447. The van der Waals surface area contributed by atoms with E-state index in [0.717, 1.165) is 12.8 Å². The maximum Gasteiger partial charge on any atom is 0.262 e. The van der Waals surface area contributed by atoms with Crippen molar-refractivity contribution < 1.29 is 19.0 Å². The molecule has 0 aliphatic carbocycles. The van der Waals surface area contributed by atoms with Gasteiger partial charge < -0.3 is 19.5 Å². The molecule has 1 unspecified atom stereocenters. The fourth-order valence-corrected chi connectivity index (χ4v) is 2.66. The van der Waals surface area contributed by atoms with E-state index in [-0.39, 0.29) is 18.5 Å². The molecule has 1 aromatic carbocycles. The Hall–Kier alpha value is -2.23. The van der Waals surface area contributed by atoms with E-state index >= 15 is 0 Å². The van der Waals surface area contributed by atoms with Crippen LogP contribution in [0.2, 0.25) is 5.02 Å². The highest BCUT2D eigenvalue weighted by atomic mass is 35.5. The predicted molar refractivity (Wildman–Crippen MR) is 83.1 cm³/mol. The Kier molecular flexibility index (Phi) is 4.70. The molecule has 2 heterocycles. The topological polar surface area (TPSA) is 80.6 Å². The van der Waals surface area contributed by atoms with E-state index in [4.69, 9.17) is 25.8 Å². The summed E-state index contributed by atoms with van der Waals surface area (Å²) in [5.74, 6) is 0.642. The molecule has 1 aromatic rings. The molecule has 6 nitrogen and oxygen atoms in total. The quantitative estimate of drug-likeness (QED) is 0.675. The Morgan fingerprint density at radius 1 is 1.43 bits per heavy atom. The number of nitrogens with zero attached hydrogens (tertiary/aromatic N) is 1. The van der Waals surface area contributed by atoms with Crippen molar-refractivity contribution in [2.45, 2.75) is 18.9 Å². The van der Waals surface area contributed by atoms with Gasteiger partial charge in [0, 0.05) is 19.2 Å². The van der Waals surface area contributed by atoms with E-state index in [0.29, 0.717) is 35.2 Å². The Balaban J connectivity index is 1.73. The summed E-state index contributed by atoms with van der Waals surface area (Å²) in [6.07, 6.45) is 3.37. The van der Waals surface area contributed by atoms with E-state index in [1.807, 2.05) is 6.07 Å². The average Bonchev–Trinajstić information content (AvgIpc) is 3.21. The molecular formula is C16H15ClN2O4. The lowest BCUT2D eigenvalue weighted by molar-refractivity contribution is -0.117. The Labute approximate surface area is 138 Å². The molecule has 0 radical (unpaired) electrons. The standard InChI is InChI=1S/C16H15ClN2O4/c17-13-6-15-14(22-9-23-15)5-10(13)4-11(7-18)16(20)19-8-12-2-1-3-21-12/h4-6,12H,1-3,8-9H2,(H,19,20)/b11-4+. The third-order valence-electron chi connectivity index (χ3n) is 3.67. The molecule has 1 fully saturated rings. The van der Waals surface area contributed by atoms with Crippen molar-refractivity contribution in [3.63, 3.8) is 0 Å². The number of carbonyl (C=O) groups is 1. The van der Waals surface area contributed by atoms with Gasteiger partial charge in [-0.15, -0.1) is 0 Å². The van der Waals surface area contributed by atoms with Gasteiger partial charge in [0.15, 0.2) is 11.5 Å². The van der Waals surface area contributed by atoms with Gasteiger partial charge in [-0.05, 0) is 30.5 Å². The van der Waals surface area contributed by atoms with E-state index in [1.165, 1.54) is 6.08 Å². The van der Waals surface area contributed by atoms with E-state index in [1.54, 1.807) is 12.1 Å². The molecule has 2 aliphatic heterocycles. The van der Waals surface area contributed by atoms with Crippen LogP contribution in [-0.4, -0.2) is 32.0 Å². The van der Waals surface area contributed by atoms with Crippen molar-refractivity contribution >= 4 is 23.6 Å². The van der Waals surface area contributed by atoms with E-state index < -0.39 is 5.91 Å². The van der Waals surface area contributed by atoms with Crippen LogP contribution in [-0.2, 0) is 9.53 Å². The zero-order valence-corrected chi connectivity index (χ0v) is 13.1. The average molecular weight is 335 g/mol. The van der Waals surface area contributed by atoms with Crippen LogP contribution in [0.5, 0.6) is 11.5 Å². The maximum atomic E-state index is 12.1. The third kappa shape index (κ3) is 3.58. The largest absolute Gasteiger partial charge is 0.454 e. The number of halogens is 1. The summed E-state index contributed by atoms with van der Waals surface area (Å²) in [5.41, 5.74) is 0.503. The molecular weight excluding hydrogens is 320 g/mol. The van der Waals surface area contributed by atoms with E-state index in [2.05, 4.69) is 5.32 Å². The Bertz CT molecular complexity index is 690. The number of nitriles is 1. The second-order valence-corrected chi connectivity index (χ2v) is 5.65. The lowest BCUT2D eigenvalue weighted by Gasteiger charge is -2.10. The number of hydrogen-bond donors (Lipinski definition) is 1. The predicted octanol–water partition coefficient (Wildman–Crippen LogP) is 2.27. The van der Waals surface area contributed by atoms with Crippen molar-refractivity contribution in [2.24, 2.45) is 0 Å². The molecule has 0 bridgehead atoms. The lowest BCUT2D eigenvalue weighted by Crippen LogP contribution is -2.32. The highest BCUT2D eigenvalue weighted by Gasteiger charge is 2.19. The minimum absolute atomic E-state index is 0.0213. The Morgan fingerprint density at radius 2 is 2.22 bits per heavy atom. The molecule has 1 N–H and O–H groups in total. The third-order valence-corrected chi connectivity index (χ3v) is 4.00. The van der Waals surface area contributed by atoms with Crippen LogP contribution in [0.3, 0.4) is 0 Å². The first-order chi connectivity index (χ1) is 11.2. The summed E-state index contributed by atoms with van der Waals surface area (Å²) in [7, 11) is 0. The van der Waals surface area contributed by atoms with Crippen LogP contribution in [0.1, 0.15) is 18.4 Å². The second-order valence-electron chi connectivity index (χ2n) is 5.24. The molecule has 23 heavy (non-hydrogen) atoms. The van der Waals surface area contributed by atoms with Crippen LogP contribution in [0.4, 0.5) is 0 Å². The van der Waals surface area contributed by atoms with Gasteiger partial charge in [0.05, 0.1) is 11.1 Å². The van der Waals surface area contributed by atoms with Crippen molar-refractivity contribution in [3.8, 4) is 17.6 Å². The van der Waals surface area contributed by atoms with Crippen molar-refractivity contribution in [1.29, 1.82) is 5.26 Å². The minimum Gasteiger partial charge on any atom is -0.454 e. The monoisotopic (exact) mass is 334 g/mol. The first-order valence-electron chi connectivity index (χ1n) is 7.28. The van der Waals surface area contributed by atoms with Crippen LogP contribution < -0.4 is 14.8 Å². The SMILES string of the molecule is N#C/C(=C\c1cc2c(cc1Cl)OCO2)C(=O)NCC1CCCO1.